The zero-order valence-electron chi connectivity index (χ0n) is 13.8. The minimum absolute atomic E-state index is 0. The monoisotopic (exact) mass is 384 g/mol. The third kappa shape index (κ3) is 4.63. The first-order valence-corrected chi connectivity index (χ1v) is 7.80. The summed E-state index contributed by atoms with van der Waals surface area (Å²) in [5, 5.41) is 3.32. The van der Waals surface area contributed by atoms with Gasteiger partial charge < -0.3 is 14.8 Å². The molecule has 0 amide bonds. The van der Waals surface area contributed by atoms with Crippen LogP contribution < -0.4 is 14.8 Å². The van der Waals surface area contributed by atoms with Gasteiger partial charge in [0.25, 0.3) is 0 Å². The number of para-hydroxylation sites is 1. The van der Waals surface area contributed by atoms with Crippen molar-refractivity contribution in [1.82, 2.24) is 10.2 Å². The third-order valence-electron chi connectivity index (χ3n) is 4.11. The standard InChI is InChI=1S/C16H22F2N2O2.2ClH/c1-11(2)10-13(20-8-6-19-7-9-20)12-4-3-5-14-15(12)22-16(17,18)21-14;;/h3-5,11,13,19H,6-10H2,1-2H3;2*1H/t13-;;/m1../s1. The van der Waals surface area contributed by atoms with E-state index in [2.05, 4.69) is 28.8 Å². The SMILES string of the molecule is CC(C)C[C@H](c1cccc2c1OC(F)(F)O2)N1CCNCC1.Cl.Cl. The number of rotatable bonds is 4. The minimum atomic E-state index is -3.57. The number of fused-ring (bicyclic) bond motifs is 1. The van der Waals surface area contributed by atoms with Crippen LogP contribution in [0, 0.1) is 5.92 Å². The number of piperazine rings is 1. The lowest BCUT2D eigenvalue weighted by Gasteiger charge is -2.36. The maximum Gasteiger partial charge on any atom is 0.586 e. The molecule has 0 saturated carbocycles. The highest BCUT2D eigenvalue weighted by molar-refractivity contribution is 5.85. The van der Waals surface area contributed by atoms with E-state index in [0.29, 0.717) is 5.92 Å². The van der Waals surface area contributed by atoms with Gasteiger partial charge in [0.05, 0.1) is 0 Å². The Morgan fingerprint density at radius 2 is 1.83 bits per heavy atom. The van der Waals surface area contributed by atoms with E-state index in [4.69, 9.17) is 4.74 Å². The van der Waals surface area contributed by atoms with Gasteiger partial charge in [-0.05, 0) is 18.4 Å². The lowest BCUT2D eigenvalue weighted by molar-refractivity contribution is -0.287. The van der Waals surface area contributed by atoms with Crippen LogP contribution in [-0.2, 0) is 0 Å². The molecule has 0 aromatic heterocycles. The number of nitrogens with zero attached hydrogens (tertiary/aromatic N) is 1. The molecule has 8 heteroatoms. The van der Waals surface area contributed by atoms with E-state index < -0.39 is 6.29 Å². The summed E-state index contributed by atoms with van der Waals surface area (Å²) in [4.78, 5) is 2.34. The van der Waals surface area contributed by atoms with E-state index in [1.165, 1.54) is 6.07 Å². The molecule has 2 aliphatic rings. The summed E-state index contributed by atoms with van der Waals surface area (Å²) in [6.07, 6.45) is -2.67. The average molecular weight is 385 g/mol. The molecule has 0 aliphatic carbocycles. The molecule has 1 aromatic rings. The van der Waals surface area contributed by atoms with Crippen LogP contribution in [-0.4, -0.2) is 37.4 Å². The smallest absolute Gasteiger partial charge is 0.395 e. The van der Waals surface area contributed by atoms with E-state index in [0.717, 1.165) is 38.2 Å². The van der Waals surface area contributed by atoms with Gasteiger partial charge in [0.2, 0.25) is 0 Å². The number of hydrogen-bond acceptors (Lipinski definition) is 4. The van der Waals surface area contributed by atoms with E-state index in [1.54, 1.807) is 6.07 Å². The van der Waals surface area contributed by atoms with Crippen molar-refractivity contribution in [1.29, 1.82) is 0 Å². The van der Waals surface area contributed by atoms with Crippen LogP contribution in [0.4, 0.5) is 8.78 Å². The summed E-state index contributed by atoms with van der Waals surface area (Å²) < 4.78 is 36.2. The van der Waals surface area contributed by atoms with Gasteiger partial charge in [-0.2, -0.15) is 0 Å². The molecule has 1 saturated heterocycles. The predicted molar refractivity (Wildman–Crippen MR) is 93.8 cm³/mol. The Kier molecular flexibility index (Phi) is 7.53. The van der Waals surface area contributed by atoms with E-state index in [9.17, 15) is 8.78 Å². The average Bonchev–Trinajstić information content (AvgIpc) is 2.79. The molecule has 0 unspecified atom stereocenters. The first-order valence-electron chi connectivity index (χ1n) is 7.80. The Morgan fingerprint density at radius 3 is 2.46 bits per heavy atom. The zero-order valence-corrected chi connectivity index (χ0v) is 15.4. The highest BCUT2D eigenvalue weighted by Crippen LogP contribution is 2.47. The van der Waals surface area contributed by atoms with Crippen LogP contribution in [0.3, 0.4) is 0 Å². The summed E-state index contributed by atoms with van der Waals surface area (Å²) in [6.45, 7) is 7.92. The molecule has 0 radical (unpaired) electrons. The molecule has 0 spiro atoms. The van der Waals surface area contributed by atoms with Crippen molar-refractivity contribution in [3.63, 3.8) is 0 Å². The Morgan fingerprint density at radius 1 is 1.17 bits per heavy atom. The van der Waals surface area contributed by atoms with Gasteiger partial charge >= 0.3 is 6.29 Å². The Balaban J connectivity index is 0.00000144. The van der Waals surface area contributed by atoms with Gasteiger partial charge in [-0.15, -0.1) is 33.6 Å². The van der Waals surface area contributed by atoms with Crippen molar-refractivity contribution in [2.24, 2.45) is 5.92 Å². The molecule has 2 heterocycles. The molecule has 1 atom stereocenters. The molecule has 3 rings (SSSR count). The highest BCUT2D eigenvalue weighted by atomic mass is 35.5. The van der Waals surface area contributed by atoms with Gasteiger partial charge in [0.15, 0.2) is 11.5 Å². The van der Waals surface area contributed by atoms with Crippen molar-refractivity contribution in [3.8, 4) is 11.5 Å². The normalized spacial score (nSPS) is 20.2. The number of ether oxygens (including phenoxy) is 2. The van der Waals surface area contributed by atoms with E-state index >= 15 is 0 Å². The summed E-state index contributed by atoms with van der Waals surface area (Å²) in [6, 6.07) is 5.23. The van der Waals surface area contributed by atoms with Crippen molar-refractivity contribution >= 4 is 24.8 Å². The Labute approximate surface area is 153 Å². The van der Waals surface area contributed by atoms with Crippen LogP contribution >= 0.6 is 24.8 Å². The fraction of sp³-hybridized carbons (Fsp3) is 0.625. The maximum atomic E-state index is 13.4. The lowest BCUT2D eigenvalue weighted by Crippen LogP contribution is -2.45. The molecule has 1 aromatic carbocycles. The molecule has 24 heavy (non-hydrogen) atoms. The zero-order chi connectivity index (χ0) is 15.7. The molecule has 4 nitrogen and oxygen atoms in total. The van der Waals surface area contributed by atoms with Crippen LogP contribution in [0.25, 0.3) is 0 Å². The summed E-state index contributed by atoms with van der Waals surface area (Å²) in [7, 11) is 0. The molecule has 1 fully saturated rings. The van der Waals surface area contributed by atoms with Crippen LogP contribution in [0.5, 0.6) is 11.5 Å². The molecular weight excluding hydrogens is 361 g/mol. The fourth-order valence-corrected chi connectivity index (χ4v) is 3.17. The van der Waals surface area contributed by atoms with Crippen LogP contribution in [0.15, 0.2) is 18.2 Å². The van der Waals surface area contributed by atoms with Gasteiger partial charge in [-0.3, -0.25) is 4.90 Å². The second kappa shape index (κ2) is 8.52. The van der Waals surface area contributed by atoms with Crippen LogP contribution in [0.1, 0.15) is 31.9 Å². The number of alkyl halides is 2. The van der Waals surface area contributed by atoms with Crippen molar-refractivity contribution in [3.05, 3.63) is 23.8 Å². The molecule has 0 bridgehead atoms. The summed E-state index contributed by atoms with van der Waals surface area (Å²) in [5.74, 6) is 0.779. The lowest BCUT2D eigenvalue weighted by atomic mass is 9.94. The second-order valence-corrected chi connectivity index (χ2v) is 6.27. The summed E-state index contributed by atoms with van der Waals surface area (Å²) in [5.41, 5.74) is 0.797. The first-order chi connectivity index (χ1) is 10.5. The van der Waals surface area contributed by atoms with E-state index in [1.807, 2.05) is 6.07 Å². The predicted octanol–water partition coefficient (Wildman–Crippen LogP) is 3.84. The highest BCUT2D eigenvalue weighted by Gasteiger charge is 2.45. The Hall–Kier alpha value is -0.820. The van der Waals surface area contributed by atoms with Crippen molar-refractivity contribution < 1.29 is 18.3 Å². The quantitative estimate of drug-likeness (QED) is 0.854. The molecule has 138 valence electrons. The molecular formula is C16H24Cl2F2N2O2. The maximum absolute atomic E-state index is 13.4. The second-order valence-electron chi connectivity index (χ2n) is 6.27. The van der Waals surface area contributed by atoms with Gasteiger partial charge in [0, 0.05) is 37.8 Å². The topological polar surface area (TPSA) is 33.7 Å². The largest absolute Gasteiger partial charge is 0.586 e. The van der Waals surface area contributed by atoms with Gasteiger partial charge in [-0.1, -0.05) is 26.0 Å². The molecule has 2 aliphatic heterocycles. The Bertz CT molecular complexity index is 541. The minimum Gasteiger partial charge on any atom is -0.395 e. The van der Waals surface area contributed by atoms with Crippen LogP contribution in [0.2, 0.25) is 0 Å². The number of nitrogens with one attached hydrogen (secondary N) is 1. The number of benzene rings is 1. The summed E-state index contributed by atoms with van der Waals surface area (Å²) >= 11 is 0. The van der Waals surface area contributed by atoms with Gasteiger partial charge in [0.1, 0.15) is 0 Å². The number of hydrogen-bond donors (Lipinski definition) is 1. The number of halogens is 4. The van der Waals surface area contributed by atoms with E-state index in [-0.39, 0.29) is 42.4 Å². The van der Waals surface area contributed by atoms with Crippen molar-refractivity contribution in [2.75, 3.05) is 26.2 Å². The first kappa shape index (κ1) is 21.2. The molecule has 1 N–H and O–H groups in total. The third-order valence-corrected chi connectivity index (χ3v) is 4.11. The van der Waals surface area contributed by atoms with Gasteiger partial charge in [-0.25, -0.2) is 0 Å². The van der Waals surface area contributed by atoms with Crippen molar-refractivity contribution in [2.45, 2.75) is 32.6 Å². The fourth-order valence-electron chi connectivity index (χ4n) is 3.17.